The lowest BCUT2D eigenvalue weighted by atomic mass is 9.99. The molecule has 0 spiro atoms. The highest BCUT2D eigenvalue weighted by Crippen LogP contribution is 2.25. The van der Waals surface area contributed by atoms with E-state index in [2.05, 4.69) is 41.4 Å². The van der Waals surface area contributed by atoms with E-state index in [-0.39, 0.29) is 11.9 Å². The number of hydrogen-bond donors (Lipinski definition) is 1. The lowest BCUT2D eigenvalue weighted by Crippen LogP contribution is -2.34. The van der Waals surface area contributed by atoms with Crippen molar-refractivity contribution in [2.24, 2.45) is 5.92 Å². The first-order valence-corrected chi connectivity index (χ1v) is 10.9. The van der Waals surface area contributed by atoms with Gasteiger partial charge in [-0.1, -0.05) is 30.7 Å². The monoisotopic (exact) mass is 402 g/mol. The van der Waals surface area contributed by atoms with Gasteiger partial charge in [-0.25, -0.2) is 0 Å². The van der Waals surface area contributed by atoms with Crippen molar-refractivity contribution < 1.29 is 4.79 Å². The first-order chi connectivity index (χ1) is 13.0. The van der Waals surface area contributed by atoms with Gasteiger partial charge in [0.25, 0.3) is 0 Å². The zero-order valence-electron chi connectivity index (χ0n) is 16.0. The Labute approximate surface area is 171 Å². The van der Waals surface area contributed by atoms with E-state index in [9.17, 15) is 4.79 Å². The standard InChI is InChI=1S/C22H27ClN2OS/c1-16-4-3-13-25(14-16)20-9-5-18(6-10-20)17(2)24-22(26)15-27-21-11-7-19(23)8-12-21/h5-12,16-17H,3-4,13-15H2,1-2H3,(H,24,26). The van der Waals surface area contributed by atoms with E-state index in [1.54, 1.807) is 0 Å². The maximum atomic E-state index is 12.3. The van der Waals surface area contributed by atoms with Crippen LogP contribution in [0.25, 0.3) is 0 Å². The van der Waals surface area contributed by atoms with Gasteiger partial charge in [0.05, 0.1) is 11.8 Å². The van der Waals surface area contributed by atoms with E-state index in [0.29, 0.717) is 10.8 Å². The van der Waals surface area contributed by atoms with Crippen LogP contribution in [0, 0.1) is 5.92 Å². The van der Waals surface area contributed by atoms with Crippen LogP contribution in [-0.4, -0.2) is 24.7 Å². The van der Waals surface area contributed by atoms with Crippen LogP contribution in [0.15, 0.2) is 53.4 Å². The molecule has 0 aromatic heterocycles. The Kier molecular flexibility index (Phi) is 7.08. The highest BCUT2D eigenvalue weighted by molar-refractivity contribution is 8.00. The van der Waals surface area contributed by atoms with Crippen molar-refractivity contribution in [1.82, 2.24) is 5.32 Å². The van der Waals surface area contributed by atoms with Crippen molar-refractivity contribution in [3.05, 3.63) is 59.1 Å². The molecule has 3 rings (SSSR count). The lowest BCUT2D eigenvalue weighted by Gasteiger charge is -2.33. The number of carbonyl (C=O) groups excluding carboxylic acids is 1. The molecule has 0 bridgehead atoms. The Morgan fingerprint density at radius 1 is 1.22 bits per heavy atom. The summed E-state index contributed by atoms with van der Waals surface area (Å²) in [4.78, 5) is 15.8. The van der Waals surface area contributed by atoms with E-state index >= 15 is 0 Å². The van der Waals surface area contributed by atoms with Crippen molar-refractivity contribution in [3.8, 4) is 0 Å². The van der Waals surface area contributed by atoms with Crippen LogP contribution in [0.5, 0.6) is 0 Å². The molecule has 2 unspecified atom stereocenters. The third-order valence-electron chi connectivity index (χ3n) is 4.98. The summed E-state index contributed by atoms with van der Waals surface area (Å²) in [5.74, 6) is 1.20. The van der Waals surface area contributed by atoms with Gasteiger partial charge in [-0.2, -0.15) is 0 Å². The van der Waals surface area contributed by atoms with E-state index in [0.717, 1.165) is 29.5 Å². The molecule has 1 aliphatic heterocycles. The summed E-state index contributed by atoms with van der Waals surface area (Å²) in [7, 11) is 0. The maximum Gasteiger partial charge on any atom is 0.230 e. The fraction of sp³-hybridized carbons (Fsp3) is 0.409. The molecule has 0 radical (unpaired) electrons. The van der Waals surface area contributed by atoms with Crippen molar-refractivity contribution in [2.45, 2.75) is 37.6 Å². The quantitative estimate of drug-likeness (QED) is 0.643. The summed E-state index contributed by atoms with van der Waals surface area (Å²) in [6.45, 7) is 6.62. The molecule has 144 valence electrons. The second kappa shape index (κ2) is 9.52. The number of benzene rings is 2. The topological polar surface area (TPSA) is 32.3 Å². The first kappa shape index (κ1) is 20.1. The Hall–Kier alpha value is -1.65. The average molecular weight is 403 g/mol. The molecule has 2 aromatic rings. The van der Waals surface area contributed by atoms with Crippen molar-refractivity contribution >= 4 is 35.0 Å². The number of rotatable bonds is 6. The average Bonchev–Trinajstić information content (AvgIpc) is 2.67. The molecule has 27 heavy (non-hydrogen) atoms. The van der Waals surface area contributed by atoms with Crippen LogP contribution < -0.4 is 10.2 Å². The predicted molar refractivity (Wildman–Crippen MR) is 116 cm³/mol. The number of carbonyl (C=O) groups is 1. The molecule has 1 heterocycles. The van der Waals surface area contributed by atoms with Crippen LogP contribution in [0.2, 0.25) is 5.02 Å². The van der Waals surface area contributed by atoms with Gasteiger partial charge < -0.3 is 10.2 Å². The molecule has 1 fully saturated rings. The summed E-state index contributed by atoms with van der Waals surface area (Å²) < 4.78 is 0. The zero-order valence-corrected chi connectivity index (χ0v) is 17.5. The zero-order chi connectivity index (χ0) is 19.2. The third kappa shape index (κ3) is 5.91. The fourth-order valence-corrected chi connectivity index (χ4v) is 4.28. The maximum absolute atomic E-state index is 12.3. The molecule has 1 saturated heterocycles. The summed E-state index contributed by atoms with van der Waals surface area (Å²) >= 11 is 7.41. The van der Waals surface area contributed by atoms with Gasteiger partial charge in [-0.05, 0) is 67.6 Å². The van der Waals surface area contributed by atoms with E-state index in [1.165, 1.54) is 30.3 Å². The second-order valence-electron chi connectivity index (χ2n) is 7.32. The lowest BCUT2D eigenvalue weighted by molar-refractivity contribution is -0.119. The molecule has 1 N–H and O–H groups in total. The highest BCUT2D eigenvalue weighted by Gasteiger charge is 2.17. The molecular weight excluding hydrogens is 376 g/mol. The number of nitrogens with zero attached hydrogens (tertiary/aromatic N) is 1. The van der Waals surface area contributed by atoms with Gasteiger partial charge in [-0.3, -0.25) is 4.79 Å². The van der Waals surface area contributed by atoms with Gasteiger partial charge in [0.15, 0.2) is 0 Å². The molecule has 2 atom stereocenters. The number of hydrogen-bond acceptors (Lipinski definition) is 3. The highest BCUT2D eigenvalue weighted by atomic mass is 35.5. The smallest absolute Gasteiger partial charge is 0.230 e. The normalized spacial score (nSPS) is 18.2. The molecular formula is C22H27ClN2OS. The fourth-order valence-electron chi connectivity index (χ4n) is 3.44. The molecule has 1 amide bonds. The molecule has 2 aromatic carbocycles. The minimum absolute atomic E-state index is 0.00218. The van der Waals surface area contributed by atoms with E-state index in [4.69, 9.17) is 11.6 Å². The molecule has 1 aliphatic rings. The number of anilines is 1. The van der Waals surface area contributed by atoms with E-state index < -0.39 is 0 Å². The predicted octanol–water partition coefficient (Wildman–Crippen LogP) is 5.55. The van der Waals surface area contributed by atoms with Crippen LogP contribution >= 0.6 is 23.4 Å². The summed E-state index contributed by atoms with van der Waals surface area (Å²) in [6.07, 6.45) is 2.59. The molecule has 0 aliphatic carbocycles. The number of nitrogens with one attached hydrogen (secondary N) is 1. The molecule has 5 heteroatoms. The summed E-state index contributed by atoms with van der Waals surface area (Å²) in [6, 6.07) is 16.2. The van der Waals surface area contributed by atoms with E-state index in [1.807, 2.05) is 31.2 Å². The minimum atomic E-state index is -0.00218. The largest absolute Gasteiger partial charge is 0.371 e. The Balaban J connectivity index is 1.50. The van der Waals surface area contributed by atoms with Gasteiger partial charge in [0.1, 0.15) is 0 Å². The molecule has 0 saturated carbocycles. The van der Waals surface area contributed by atoms with Crippen LogP contribution in [0.3, 0.4) is 0 Å². The number of amides is 1. The van der Waals surface area contributed by atoms with Gasteiger partial charge in [0, 0.05) is 28.7 Å². The SMILES string of the molecule is CC1CCCN(c2ccc(C(C)NC(=O)CSc3ccc(Cl)cc3)cc2)C1. The Morgan fingerprint density at radius 3 is 2.59 bits per heavy atom. The number of piperidine rings is 1. The number of halogens is 1. The number of thioether (sulfide) groups is 1. The Morgan fingerprint density at radius 2 is 1.93 bits per heavy atom. The molecule has 3 nitrogen and oxygen atoms in total. The van der Waals surface area contributed by atoms with Crippen molar-refractivity contribution in [1.29, 1.82) is 0 Å². The van der Waals surface area contributed by atoms with Gasteiger partial charge in [0.2, 0.25) is 5.91 Å². The first-order valence-electron chi connectivity index (χ1n) is 9.54. The van der Waals surface area contributed by atoms with Crippen LogP contribution in [0.4, 0.5) is 5.69 Å². The Bertz CT molecular complexity index is 748. The second-order valence-corrected chi connectivity index (χ2v) is 8.80. The van der Waals surface area contributed by atoms with Gasteiger partial charge in [-0.15, -0.1) is 11.8 Å². The summed E-state index contributed by atoms with van der Waals surface area (Å²) in [5.41, 5.74) is 2.41. The van der Waals surface area contributed by atoms with Crippen molar-refractivity contribution in [2.75, 3.05) is 23.7 Å². The summed E-state index contributed by atoms with van der Waals surface area (Å²) in [5, 5.41) is 3.79. The third-order valence-corrected chi connectivity index (χ3v) is 6.24. The van der Waals surface area contributed by atoms with Crippen LogP contribution in [0.1, 0.15) is 38.3 Å². The van der Waals surface area contributed by atoms with Gasteiger partial charge >= 0.3 is 0 Å². The minimum Gasteiger partial charge on any atom is -0.371 e. The van der Waals surface area contributed by atoms with Crippen LogP contribution in [-0.2, 0) is 4.79 Å². The van der Waals surface area contributed by atoms with Crippen molar-refractivity contribution in [3.63, 3.8) is 0 Å².